The van der Waals surface area contributed by atoms with Crippen LogP contribution in [0.1, 0.15) is 53.3 Å². The molecule has 0 spiro atoms. The van der Waals surface area contributed by atoms with Crippen molar-refractivity contribution in [1.29, 1.82) is 0 Å². The summed E-state index contributed by atoms with van der Waals surface area (Å²) in [6.07, 6.45) is 1.71. The van der Waals surface area contributed by atoms with Crippen LogP contribution in [0.25, 0.3) is 0 Å². The van der Waals surface area contributed by atoms with Gasteiger partial charge in [-0.2, -0.15) is 0 Å². The van der Waals surface area contributed by atoms with Gasteiger partial charge in [-0.05, 0) is 51.4 Å². The Labute approximate surface area is 204 Å². The Hall–Kier alpha value is -3.27. The Balaban J connectivity index is 1.25. The largest absolute Gasteiger partial charge is 0.371 e. The zero-order valence-corrected chi connectivity index (χ0v) is 20.2. The molecule has 1 aromatic carbocycles. The number of anilines is 1. The topological polar surface area (TPSA) is 110 Å². The lowest BCUT2D eigenvalue weighted by molar-refractivity contribution is -0.140. The Morgan fingerprint density at radius 3 is 2.34 bits per heavy atom. The van der Waals surface area contributed by atoms with Crippen LogP contribution in [0.5, 0.6) is 0 Å². The van der Waals surface area contributed by atoms with Crippen LogP contribution in [0.15, 0.2) is 18.2 Å². The van der Waals surface area contributed by atoms with Crippen LogP contribution in [0.2, 0.25) is 0 Å². The van der Waals surface area contributed by atoms with Crippen LogP contribution in [0.3, 0.4) is 0 Å². The number of likely N-dealkylation sites (N-methyl/N-ethyl adjacent to an activating group) is 1. The Morgan fingerprint density at radius 1 is 0.943 bits per heavy atom. The van der Waals surface area contributed by atoms with Crippen LogP contribution in [0, 0.1) is 5.92 Å². The summed E-state index contributed by atoms with van der Waals surface area (Å²) in [5, 5.41) is 2.21. The lowest BCUT2D eigenvalue weighted by Crippen LogP contribution is -2.55. The summed E-state index contributed by atoms with van der Waals surface area (Å²) < 4.78 is 0. The van der Waals surface area contributed by atoms with Gasteiger partial charge in [0.2, 0.25) is 17.7 Å². The molecule has 4 aliphatic heterocycles. The molecule has 0 aromatic heterocycles. The molecule has 10 nitrogen and oxygen atoms in total. The fraction of sp³-hybridized carbons (Fsp3) is 0.560. The summed E-state index contributed by atoms with van der Waals surface area (Å²) >= 11 is 0. The van der Waals surface area contributed by atoms with E-state index in [-0.39, 0.29) is 41.8 Å². The molecule has 5 rings (SSSR count). The second-order valence-electron chi connectivity index (χ2n) is 10.1. The minimum Gasteiger partial charge on any atom is -0.371 e. The van der Waals surface area contributed by atoms with Crippen molar-refractivity contribution in [2.24, 2.45) is 5.92 Å². The predicted molar refractivity (Wildman–Crippen MR) is 127 cm³/mol. The summed E-state index contributed by atoms with van der Waals surface area (Å²) in [4.78, 5) is 70.3. The molecule has 3 saturated heterocycles. The molecule has 2 atom stereocenters. The van der Waals surface area contributed by atoms with Crippen molar-refractivity contribution < 1.29 is 24.0 Å². The molecule has 0 bridgehead atoms. The van der Waals surface area contributed by atoms with Gasteiger partial charge in [0, 0.05) is 56.8 Å². The maximum Gasteiger partial charge on any atom is 0.262 e. The molecule has 1 aromatic rings. The van der Waals surface area contributed by atoms with Gasteiger partial charge in [-0.15, -0.1) is 0 Å². The minimum absolute atomic E-state index is 0.00208. The first-order valence-corrected chi connectivity index (χ1v) is 12.3. The maximum absolute atomic E-state index is 13.1. The number of nitrogens with one attached hydrogen (secondary N) is 1. The first-order valence-electron chi connectivity index (χ1n) is 12.3. The van der Waals surface area contributed by atoms with Crippen LogP contribution < -0.4 is 10.2 Å². The van der Waals surface area contributed by atoms with Gasteiger partial charge in [0.1, 0.15) is 6.04 Å². The monoisotopic (exact) mass is 481 g/mol. The smallest absolute Gasteiger partial charge is 0.262 e. The van der Waals surface area contributed by atoms with Crippen molar-refractivity contribution in [2.75, 3.05) is 44.7 Å². The van der Waals surface area contributed by atoms with Crippen molar-refractivity contribution in [2.45, 2.75) is 44.7 Å². The van der Waals surface area contributed by atoms with Gasteiger partial charge < -0.3 is 14.7 Å². The number of carbonyl (C=O) groups is 5. The molecule has 5 amide bonds. The van der Waals surface area contributed by atoms with Gasteiger partial charge in [0.15, 0.2) is 0 Å². The first-order chi connectivity index (χ1) is 16.7. The van der Waals surface area contributed by atoms with E-state index in [0.717, 1.165) is 43.1 Å². The lowest BCUT2D eigenvalue weighted by atomic mass is 9.93. The number of carbonyl (C=O) groups excluding carboxylic acids is 5. The second kappa shape index (κ2) is 9.07. The summed E-state index contributed by atoms with van der Waals surface area (Å²) in [5.74, 6) is -1.78. The first kappa shape index (κ1) is 23.5. The van der Waals surface area contributed by atoms with E-state index in [9.17, 15) is 24.0 Å². The molecule has 0 saturated carbocycles. The van der Waals surface area contributed by atoms with Crippen molar-refractivity contribution in [3.05, 3.63) is 29.3 Å². The van der Waals surface area contributed by atoms with E-state index in [0.29, 0.717) is 13.1 Å². The highest BCUT2D eigenvalue weighted by Crippen LogP contribution is 2.32. The molecule has 1 unspecified atom stereocenters. The number of piperidine rings is 2. The third kappa shape index (κ3) is 4.20. The Kier molecular flexibility index (Phi) is 6.08. The Bertz CT molecular complexity index is 1100. The number of imide groups is 2. The van der Waals surface area contributed by atoms with Gasteiger partial charge in [0.05, 0.1) is 11.1 Å². The standard InChI is InChI=1S/C25H31N5O5/c1-15-14-27(2)11-12-29(15)23(33)16-7-9-28(10-8-16)17-3-4-18-19(13-17)25(35)30(24(18)34)20-5-6-21(31)26-22(20)32/h3-4,13,15-16,20H,5-12,14H2,1-2H3,(H,26,31,32)/t15-,20?/m0/s1. The van der Waals surface area contributed by atoms with Gasteiger partial charge in [0.25, 0.3) is 11.8 Å². The number of hydrogen-bond donors (Lipinski definition) is 1. The molecule has 0 aliphatic carbocycles. The fourth-order valence-electron chi connectivity index (χ4n) is 5.74. The van der Waals surface area contributed by atoms with Crippen molar-refractivity contribution in [1.82, 2.24) is 20.0 Å². The highest BCUT2D eigenvalue weighted by atomic mass is 16.2. The SMILES string of the molecule is C[C@H]1CN(C)CCN1C(=O)C1CCN(c2ccc3c(c2)C(=O)N(C2CCC(=O)NC2=O)C3=O)CC1. The normalized spacial score (nSPS) is 26.3. The summed E-state index contributed by atoms with van der Waals surface area (Å²) in [5.41, 5.74) is 1.38. The molecular weight excluding hydrogens is 450 g/mol. The van der Waals surface area contributed by atoms with Gasteiger partial charge >= 0.3 is 0 Å². The number of fused-ring (bicyclic) bond motifs is 1. The Morgan fingerprint density at radius 2 is 1.66 bits per heavy atom. The number of benzene rings is 1. The van der Waals surface area contributed by atoms with E-state index in [1.54, 1.807) is 12.1 Å². The number of rotatable bonds is 3. The zero-order valence-electron chi connectivity index (χ0n) is 20.2. The number of hydrogen-bond acceptors (Lipinski definition) is 7. The van der Waals surface area contributed by atoms with E-state index >= 15 is 0 Å². The quantitative estimate of drug-likeness (QED) is 0.625. The van der Waals surface area contributed by atoms with E-state index in [1.807, 2.05) is 11.0 Å². The predicted octanol–water partition coefficient (Wildman–Crippen LogP) is 0.467. The maximum atomic E-state index is 13.1. The molecule has 0 radical (unpaired) electrons. The molecule has 10 heteroatoms. The lowest BCUT2D eigenvalue weighted by Gasteiger charge is -2.41. The summed E-state index contributed by atoms with van der Waals surface area (Å²) in [7, 11) is 2.08. The van der Waals surface area contributed by atoms with Crippen LogP contribution in [-0.4, -0.2) is 96.1 Å². The third-order valence-corrected chi connectivity index (χ3v) is 7.75. The van der Waals surface area contributed by atoms with Gasteiger partial charge in [-0.3, -0.25) is 34.2 Å². The van der Waals surface area contributed by atoms with E-state index < -0.39 is 29.7 Å². The number of piperazine rings is 1. The van der Waals surface area contributed by atoms with E-state index in [1.165, 1.54) is 0 Å². The third-order valence-electron chi connectivity index (χ3n) is 7.75. The molecule has 4 heterocycles. The molecule has 3 fully saturated rings. The summed E-state index contributed by atoms with van der Waals surface area (Å²) in [6.45, 7) is 6.03. The number of nitrogens with zero attached hydrogens (tertiary/aromatic N) is 4. The molecule has 35 heavy (non-hydrogen) atoms. The number of amides is 5. The van der Waals surface area contributed by atoms with Gasteiger partial charge in [-0.25, -0.2) is 0 Å². The minimum atomic E-state index is -0.970. The average molecular weight is 482 g/mol. The fourth-order valence-corrected chi connectivity index (χ4v) is 5.74. The van der Waals surface area contributed by atoms with E-state index in [4.69, 9.17) is 0 Å². The highest BCUT2D eigenvalue weighted by Gasteiger charge is 2.45. The van der Waals surface area contributed by atoms with E-state index in [2.05, 4.69) is 29.1 Å². The molecular formula is C25H31N5O5. The molecule has 186 valence electrons. The molecule has 4 aliphatic rings. The zero-order chi connectivity index (χ0) is 24.9. The van der Waals surface area contributed by atoms with Crippen LogP contribution in [-0.2, 0) is 14.4 Å². The van der Waals surface area contributed by atoms with Crippen molar-refractivity contribution in [3.63, 3.8) is 0 Å². The van der Waals surface area contributed by atoms with Crippen LogP contribution in [0.4, 0.5) is 5.69 Å². The average Bonchev–Trinajstić information content (AvgIpc) is 3.08. The second-order valence-corrected chi connectivity index (χ2v) is 10.1. The van der Waals surface area contributed by atoms with Crippen LogP contribution >= 0.6 is 0 Å². The summed E-state index contributed by atoms with van der Waals surface area (Å²) in [6, 6.07) is 4.42. The van der Waals surface area contributed by atoms with Crippen molar-refractivity contribution in [3.8, 4) is 0 Å². The van der Waals surface area contributed by atoms with Crippen molar-refractivity contribution >= 4 is 35.2 Å². The highest BCUT2D eigenvalue weighted by molar-refractivity contribution is 6.23. The van der Waals surface area contributed by atoms with Gasteiger partial charge in [-0.1, -0.05) is 0 Å². The molecule has 1 N–H and O–H groups in total.